The maximum absolute atomic E-state index is 10.3. The third-order valence-corrected chi connectivity index (χ3v) is 6.01. The van der Waals surface area contributed by atoms with Gasteiger partial charge in [0.15, 0.2) is 5.60 Å². The van der Waals surface area contributed by atoms with E-state index in [0.717, 1.165) is 38.4 Å². The van der Waals surface area contributed by atoms with Gasteiger partial charge in [0.1, 0.15) is 12.4 Å². The van der Waals surface area contributed by atoms with Gasteiger partial charge in [-0.1, -0.05) is 63.2 Å². The number of aliphatic carboxylic acids is 3. The molecule has 0 aliphatic heterocycles. The molecule has 1 unspecified atom stereocenters. The van der Waals surface area contributed by atoms with Crippen LogP contribution in [0.1, 0.15) is 57.1 Å². The topological polar surface area (TPSA) is 145 Å². The molecule has 0 saturated heterocycles. The van der Waals surface area contributed by atoms with Gasteiger partial charge in [-0.15, -0.1) is 0 Å². The van der Waals surface area contributed by atoms with E-state index < -0.39 is 36.4 Å². The summed E-state index contributed by atoms with van der Waals surface area (Å²) in [4.78, 5) is 32.9. The van der Waals surface area contributed by atoms with E-state index in [-0.39, 0.29) is 0 Å². The highest BCUT2D eigenvalue weighted by molar-refractivity contribution is 5.88. The van der Waals surface area contributed by atoms with Crippen LogP contribution >= 0.6 is 0 Å². The van der Waals surface area contributed by atoms with E-state index in [2.05, 4.69) is 80.3 Å². The lowest BCUT2D eigenvalue weighted by Crippen LogP contribution is -2.42. The smallest absolute Gasteiger partial charge is 0.336 e. The number of nitrogens with zero attached hydrogens (tertiary/aromatic N) is 1. The van der Waals surface area contributed by atoms with Gasteiger partial charge in [-0.25, -0.2) is 4.79 Å². The van der Waals surface area contributed by atoms with Crippen LogP contribution in [0.2, 0.25) is 0 Å². The minimum absolute atomic E-state index is 0.565. The number of aliphatic hydroxyl groups is 1. The maximum Gasteiger partial charge on any atom is 0.336 e. The van der Waals surface area contributed by atoms with Gasteiger partial charge in [-0.2, -0.15) is 0 Å². The van der Waals surface area contributed by atoms with E-state index in [4.69, 9.17) is 25.2 Å². The average Bonchev–Trinajstić information content (AvgIpc) is 2.85. The summed E-state index contributed by atoms with van der Waals surface area (Å²) in [6.07, 6.45) is 0.0135. The first-order valence-corrected chi connectivity index (χ1v) is 12.4. The Hall–Kier alpha value is -3.43. The molecule has 4 N–H and O–H groups in total. The zero-order chi connectivity index (χ0) is 27.8. The van der Waals surface area contributed by atoms with E-state index in [0.29, 0.717) is 5.92 Å². The van der Waals surface area contributed by atoms with Crippen molar-refractivity contribution in [1.29, 1.82) is 0 Å². The van der Waals surface area contributed by atoms with Gasteiger partial charge in [0, 0.05) is 6.54 Å². The Bertz CT molecular complexity index is 942. The molecule has 0 bridgehead atoms. The molecule has 37 heavy (non-hydrogen) atoms. The molecular formula is C28H39NO8. The van der Waals surface area contributed by atoms with Gasteiger partial charge < -0.3 is 30.1 Å². The van der Waals surface area contributed by atoms with Gasteiger partial charge in [-0.3, -0.25) is 9.59 Å². The predicted octanol–water partition coefficient (Wildman–Crippen LogP) is 3.90. The van der Waals surface area contributed by atoms with Crippen LogP contribution in [0.4, 0.5) is 0 Å². The summed E-state index contributed by atoms with van der Waals surface area (Å²) in [6.45, 7) is 10.6. The van der Waals surface area contributed by atoms with Crippen molar-refractivity contribution >= 4 is 17.9 Å². The van der Waals surface area contributed by atoms with E-state index in [1.165, 1.54) is 17.5 Å². The molecule has 0 radical (unpaired) electrons. The number of rotatable bonds is 15. The fourth-order valence-electron chi connectivity index (χ4n) is 3.63. The van der Waals surface area contributed by atoms with Crippen LogP contribution in [0.5, 0.6) is 5.75 Å². The number of ether oxygens (including phenoxy) is 1. The van der Waals surface area contributed by atoms with Crippen LogP contribution < -0.4 is 4.74 Å². The molecule has 0 fully saturated rings. The van der Waals surface area contributed by atoms with E-state index in [1.54, 1.807) is 0 Å². The predicted molar refractivity (Wildman–Crippen MR) is 140 cm³/mol. The standard InChI is InChI=1S/C22H31NO.C6H8O7/c1-4-23(5-2)17-18-24-22-15-13-21(14-16-22)19(3)11-12-20-9-7-6-8-10-20;7-3(8)1-6(13,5(11)12)2-4(9)10/h6-10,13-16,19H,4-5,11-12,17-18H2,1-3H3;13H,1-2H2,(H,7,8)(H,9,10)(H,11,12). The first kappa shape index (κ1) is 31.6. The minimum atomic E-state index is -2.74. The van der Waals surface area contributed by atoms with Gasteiger partial charge in [0.2, 0.25) is 0 Å². The minimum Gasteiger partial charge on any atom is -0.492 e. The van der Waals surface area contributed by atoms with Crippen LogP contribution in [0.15, 0.2) is 54.6 Å². The van der Waals surface area contributed by atoms with Crippen molar-refractivity contribution in [3.63, 3.8) is 0 Å². The molecule has 9 nitrogen and oxygen atoms in total. The fraction of sp³-hybridized carbons (Fsp3) is 0.464. The molecule has 204 valence electrons. The molecule has 9 heteroatoms. The Morgan fingerprint density at radius 1 is 0.892 bits per heavy atom. The summed E-state index contributed by atoms with van der Waals surface area (Å²) < 4.78 is 5.86. The number of likely N-dealkylation sites (N-methyl/N-ethyl adjacent to an activating group) is 1. The lowest BCUT2D eigenvalue weighted by atomic mass is 9.94. The van der Waals surface area contributed by atoms with E-state index in [9.17, 15) is 14.4 Å². The summed E-state index contributed by atoms with van der Waals surface area (Å²) in [7, 11) is 0. The van der Waals surface area contributed by atoms with Crippen molar-refractivity contribution in [2.75, 3.05) is 26.2 Å². The molecule has 0 spiro atoms. The van der Waals surface area contributed by atoms with Crippen molar-refractivity contribution < 1.29 is 39.5 Å². The summed E-state index contributed by atoms with van der Waals surface area (Å²) in [5.74, 6) is -3.48. The van der Waals surface area contributed by atoms with Crippen LogP contribution in [0, 0.1) is 0 Å². The van der Waals surface area contributed by atoms with Gasteiger partial charge in [-0.05, 0) is 55.1 Å². The van der Waals surface area contributed by atoms with Crippen molar-refractivity contribution in [2.45, 2.75) is 58.0 Å². The Morgan fingerprint density at radius 3 is 1.89 bits per heavy atom. The molecule has 2 rings (SSSR count). The second kappa shape index (κ2) is 16.3. The van der Waals surface area contributed by atoms with E-state index >= 15 is 0 Å². The number of hydrogen-bond acceptors (Lipinski definition) is 6. The number of carbonyl (C=O) groups is 3. The second-order valence-corrected chi connectivity index (χ2v) is 8.85. The molecule has 1 atom stereocenters. The normalized spacial score (nSPS) is 11.8. The van der Waals surface area contributed by atoms with Gasteiger partial charge in [0.25, 0.3) is 0 Å². The summed E-state index contributed by atoms with van der Waals surface area (Å²) >= 11 is 0. The molecule has 0 aliphatic rings. The molecule has 0 aliphatic carbocycles. The van der Waals surface area contributed by atoms with Crippen molar-refractivity contribution in [1.82, 2.24) is 4.90 Å². The molecule has 2 aromatic rings. The second-order valence-electron chi connectivity index (χ2n) is 8.85. The third-order valence-electron chi connectivity index (χ3n) is 6.01. The number of carboxylic acid groups (broad SMARTS) is 3. The number of aryl methyl sites for hydroxylation is 1. The maximum atomic E-state index is 10.3. The first-order chi connectivity index (χ1) is 17.5. The quantitative estimate of drug-likeness (QED) is 0.276. The van der Waals surface area contributed by atoms with Crippen LogP contribution in [0.3, 0.4) is 0 Å². The Kier molecular flexibility index (Phi) is 14.0. The Labute approximate surface area is 218 Å². The highest BCUT2D eigenvalue weighted by Crippen LogP contribution is 2.23. The lowest BCUT2D eigenvalue weighted by Gasteiger charge is -2.18. The molecule has 0 heterocycles. The molecule has 0 aromatic heterocycles. The average molecular weight is 518 g/mol. The van der Waals surface area contributed by atoms with E-state index in [1.807, 2.05) is 0 Å². The molecular weight excluding hydrogens is 478 g/mol. The lowest BCUT2D eigenvalue weighted by molar-refractivity contribution is -0.170. The molecule has 2 aromatic carbocycles. The molecule has 0 amide bonds. The molecule has 0 saturated carbocycles. The zero-order valence-electron chi connectivity index (χ0n) is 21.8. The number of hydrogen-bond donors (Lipinski definition) is 4. The Morgan fingerprint density at radius 2 is 1.43 bits per heavy atom. The van der Waals surface area contributed by atoms with Crippen LogP contribution in [-0.2, 0) is 20.8 Å². The summed E-state index contributed by atoms with van der Waals surface area (Å²) in [5.41, 5.74) is 0.0697. The van der Waals surface area contributed by atoms with Crippen LogP contribution in [-0.4, -0.2) is 75.1 Å². The number of carboxylic acids is 3. The largest absolute Gasteiger partial charge is 0.492 e. The Balaban J connectivity index is 0.000000448. The van der Waals surface area contributed by atoms with Crippen LogP contribution in [0.25, 0.3) is 0 Å². The van der Waals surface area contributed by atoms with Crippen molar-refractivity contribution in [3.05, 3.63) is 65.7 Å². The monoisotopic (exact) mass is 517 g/mol. The van der Waals surface area contributed by atoms with Crippen molar-refractivity contribution in [3.8, 4) is 5.75 Å². The fourth-order valence-corrected chi connectivity index (χ4v) is 3.63. The highest BCUT2D eigenvalue weighted by Gasteiger charge is 2.40. The van der Waals surface area contributed by atoms with Crippen molar-refractivity contribution in [2.24, 2.45) is 0 Å². The first-order valence-electron chi connectivity index (χ1n) is 12.4. The zero-order valence-corrected chi connectivity index (χ0v) is 21.8. The summed E-state index contributed by atoms with van der Waals surface area (Å²) in [6, 6.07) is 19.4. The third kappa shape index (κ3) is 12.4. The SMILES string of the molecule is CCN(CC)CCOc1ccc(C(C)CCc2ccccc2)cc1.O=C(O)CC(O)(CC(=O)O)C(=O)O. The number of benzene rings is 2. The van der Waals surface area contributed by atoms with Gasteiger partial charge in [0.05, 0.1) is 12.8 Å². The van der Waals surface area contributed by atoms with Gasteiger partial charge >= 0.3 is 17.9 Å². The highest BCUT2D eigenvalue weighted by atomic mass is 16.5. The summed E-state index contributed by atoms with van der Waals surface area (Å²) in [5, 5.41) is 33.8.